The summed E-state index contributed by atoms with van der Waals surface area (Å²) in [6, 6.07) is 0. The predicted molar refractivity (Wildman–Crippen MR) is 41.8 cm³/mol. The molecule has 0 aliphatic rings. The van der Waals surface area contributed by atoms with Crippen molar-refractivity contribution in [2.45, 2.75) is 5.33 Å². The molecule has 0 unspecified atom stereocenters. The maximum Gasteiger partial charge on any atom is 0.251 e. The highest BCUT2D eigenvalue weighted by Gasteiger charge is 2.17. The molecule has 1 aromatic rings. The van der Waals surface area contributed by atoms with Gasteiger partial charge in [0.25, 0.3) is 5.95 Å². The second-order valence-corrected chi connectivity index (χ2v) is 2.87. The van der Waals surface area contributed by atoms with Gasteiger partial charge in [-0.25, -0.2) is 4.39 Å². The summed E-state index contributed by atoms with van der Waals surface area (Å²) in [5.74, 6) is -3.91. The molecule has 12 heavy (non-hydrogen) atoms. The normalized spacial score (nSPS) is 10.4. The van der Waals surface area contributed by atoms with Crippen LogP contribution in [-0.4, -0.2) is 4.98 Å². The molecule has 6 heteroatoms. The lowest BCUT2D eigenvalue weighted by Gasteiger charge is -2.02. The highest BCUT2D eigenvalue weighted by atomic mass is 79.9. The maximum atomic E-state index is 12.7. The Kier molecular flexibility index (Phi) is 2.95. The molecule has 0 N–H and O–H groups in total. The Balaban J connectivity index is 3.42. The average Bonchev–Trinajstić information content (AvgIpc) is 2.02. The van der Waals surface area contributed by atoms with Crippen molar-refractivity contribution in [2.24, 2.45) is 0 Å². The first-order valence-electron chi connectivity index (χ1n) is 2.82. The monoisotopic (exact) mass is 259 g/mol. The summed E-state index contributed by atoms with van der Waals surface area (Å²) in [6.45, 7) is 0. The van der Waals surface area contributed by atoms with E-state index in [0.29, 0.717) is 0 Å². The molecule has 0 radical (unpaired) electrons. The topological polar surface area (TPSA) is 12.9 Å². The third kappa shape index (κ3) is 1.56. The van der Waals surface area contributed by atoms with Crippen molar-refractivity contribution in [2.75, 3.05) is 0 Å². The van der Waals surface area contributed by atoms with Gasteiger partial charge in [0.1, 0.15) is 5.02 Å². The second kappa shape index (κ2) is 3.62. The van der Waals surface area contributed by atoms with Crippen LogP contribution >= 0.6 is 27.5 Å². The molecule has 0 aliphatic carbocycles. The van der Waals surface area contributed by atoms with Gasteiger partial charge in [-0.05, 0) is 0 Å². The van der Waals surface area contributed by atoms with E-state index >= 15 is 0 Å². The van der Waals surface area contributed by atoms with Gasteiger partial charge < -0.3 is 0 Å². The van der Waals surface area contributed by atoms with Crippen molar-refractivity contribution in [1.82, 2.24) is 4.98 Å². The Morgan fingerprint density at radius 3 is 2.33 bits per heavy atom. The second-order valence-electron chi connectivity index (χ2n) is 1.93. The van der Waals surface area contributed by atoms with Crippen molar-refractivity contribution in [1.29, 1.82) is 0 Å². The van der Waals surface area contributed by atoms with E-state index in [1.54, 1.807) is 0 Å². The van der Waals surface area contributed by atoms with Gasteiger partial charge in [0, 0.05) is 10.9 Å². The minimum atomic E-state index is -1.48. The zero-order valence-electron chi connectivity index (χ0n) is 5.54. The molecule has 0 atom stereocenters. The van der Waals surface area contributed by atoms with Crippen molar-refractivity contribution in [3.63, 3.8) is 0 Å². The first-order valence-corrected chi connectivity index (χ1v) is 4.32. The first kappa shape index (κ1) is 9.80. The standard InChI is InChI=1S/C6H2BrClF3N/c7-1-2-3(8)5(10)12-6(11)4(2)9/h1H2. The van der Waals surface area contributed by atoms with Gasteiger partial charge in [0.2, 0.25) is 5.95 Å². The van der Waals surface area contributed by atoms with Gasteiger partial charge >= 0.3 is 0 Å². The smallest absolute Gasteiger partial charge is 0.202 e. The maximum absolute atomic E-state index is 12.7. The van der Waals surface area contributed by atoms with Crippen molar-refractivity contribution < 1.29 is 13.2 Å². The molecule has 1 aromatic heterocycles. The van der Waals surface area contributed by atoms with Crippen LogP contribution in [0.1, 0.15) is 5.56 Å². The van der Waals surface area contributed by atoms with E-state index in [4.69, 9.17) is 11.6 Å². The molecule has 0 bridgehead atoms. The van der Waals surface area contributed by atoms with E-state index in [0.717, 1.165) is 0 Å². The van der Waals surface area contributed by atoms with Crippen LogP contribution in [0.2, 0.25) is 5.02 Å². The van der Waals surface area contributed by atoms with E-state index in [1.165, 1.54) is 0 Å². The molecule has 0 aromatic carbocycles. The van der Waals surface area contributed by atoms with Crippen LogP contribution in [0, 0.1) is 17.7 Å². The summed E-state index contributed by atoms with van der Waals surface area (Å²) in [6.07, 6.45) is 0. The van der Waals surface area contributed by atoms with Gasteiger partial charge in [-0.3, -0.25) is 0 Å². The van der Waals surface area contributed by atoms with Crippen LogP contribution < -0.4 is 0 Å². The number of pyridine rings is 1. The molecular weight excluding hydrogens is 258 g/mol. The summed E-state index contributed by atoms with van der Waals surface area (Å²) < 4.78 is 37.7. The molecule has 66 valence electrons. The third-order valence-corrected chi connectivity index (χ3v) is 2.17. The van der Waals surface area contributed by atoms with E-state index < -0.39 is 22.7 Å². The van der Waals surface area contributed by atoms with Crippen LogP contribution in [0.3, 0.4) is 0 Å². The van der Waals surface area contributed by atoms with Crippen molar-refractivity contribution >= 4 is 27.5 Å². The number of aromatic nitrogens is 1. The minimum Gasteiger partial charge on any atom is -0.202 e. The Morgan fingerprint density at radius 1 is 1.25 bits per heavy atom. The highest BCUT2D eigenvalue weighted by molar-refractivity contribution is 9.08. The van der Waals surface area contributed by atoms with Gasteiger partial charge in [-0.1, -0.05) is 27.5 Å². The number of rotatable bonds is 1. The van der Waals surface area contributed by atoms with E-state index in [1.807, 2.05) is 0 Å². The lowest BCUT2D eigenvalue weighted by atomic mass is 10.3. The number of hydrogen-bond acceptors (Lipinski definition) is 1. The molecule has 0 aliphatic heterocycles. The lowest BCUT2D eigenvalue weighted by molar-refractivity contribution is 0.442. The molecular formula is C6H2BrClF3N. The summed E-state index contributed by atoms with van der Waals surface area (Å²) in [7, 11) is 0. The fourth-order valence-corrected chi connectivity index (χ4v) is 1.53. The van der Waals surface area contributed by atoms with Gasteiger partial charge in [0.05, 0.1) is 0 Å². The largest absolute Gasteiger partial charge is 0.251 e. The third-order valence-electron chi connectivity index (χ3n) is 1.22. The van der Waals surface area contributed by atoms with Gasteiger partial charge in [-0.2, -0.15) is 13.8 Å². The van der Waals surface area contributed by atoms with Crippen LogP contribution in [0.4, 0.5) is 13.2 Å². The summed E-state index contributed by atoms with van der Waals surface area (Å²) in [4.78, 5) is 2.62. The molecule has 0 spiro atoms. The molecule has 0 saturated heterocycles. The van der Waals surface area contributed by atoms with Crippen LogP contribution in [0.25, 0.3) is 0 Å². The lowest BCUT2D eigenvalue weighted by Crippen LogP contribution is -2.00. The Labute approximate surface area is 79.7 Å². The zero-order valence-corrected chi connectivity index (χ0v) is 7.89. The van der Waals surface area contributed by atoms with Crippen LogP contribution in [-0.2, 0) is 5.33 Å². The number of halogens is 5. The summed E-state index contributed by atoms with van der Waals surface area (Å²) >= 11 is 8.14. The number of hydrogen-bond donors (Lipinski definition) is 0. The van der Waals surface area contributed by atoms with Gasteiger partial charge in [-0.15, -0.1) is 0 Å². The molecule has 0 saturated carbocycles. The Morgan fingerprint density at radius 2 is 1.83 bits per heavy atom. The molecule has 1 nitrogen and oxygen atoms in total. The SMILES string of the molecule is Fc1nc(F)c(Cl)c(CBr)c1F. The molecule has 1 rings (SSSR count). The molecule has 0 amide bonds. The average molecular weight is 260 g/mol. The van der Waals surface area contributed by atoms with Crippen LogP contribution in [0.5, 0.6) is 0 Å². The van der Waals surface area contributed by atoms with Gasteiger partial charge in [0.15, 0.2) is 5.82 Å². The summed E-state index contributed by atoms with van der Waals surface area (Å²) in [5.41, 5.74) is -0.262. The van der Waals surface area contributed by atoms with E-state index in [-0.39, 0.29) is 10.9 Å². The fraction of sp³-hybridized carbons (Fsp3) is 0.167. The number of nitrogens with zero attached hydrogens (tertiary/aromatic N) is 1. The number of alkyl halides is 1. The Bertz CT molecular complexity index is 292. The first-order chi connectivity index (χ1) is 5.57. The molecule has 1 heterocycles. The minimum absolute atomic E-state index is 0.0615. The van der Waals surface area contributed by atoms with E-state index in [2.05, 4.69) is 20.9 Å². The van der Waals surface area contributed by atoms with E-state index in [9.17, 15) is 13.2 Å². The fourth-order valence-electron chi connectivity index (χ4n) is 0.647. The van der Waals surface area contributed by atoms with Crippen molar-refractivity contribution in [3.8, 4) is 0 Å². The predicted octanol–water partition coefficient (Wildman–Crippen LogP) is 3.05. The van der Waals surface area contributed by atoms with Crippen molar-refractivity contribution in [3.05, 3.63) is 28.3 Å². The molecule has 0 fully saturated rings. The quantitative estimate of drug-likeness (QED) is 0.559. The highest BCUT2D eigenvalue weighted by Crippen LogP contribution is 2.24. The Hall–Kier alpha value is -0.290. The summed E-state index contributed by atoms with van der Waals surface area (Å²) in [5, 5.41) is -0.556. The zero-order chi connectivity index (χ0) is 9.30. The van der Waals surface area contributed by atoms with Crippen LogP contribution in [0.15, 0.2) is 0 Å².